The van der Waals surface area contributed by atoms with Gasteiger partial charge in [0.05, 0.1) is 44.5 Å². The van der Waals surface area contributed by atoms with Crippen LogP contribution in [0.1, 0.15) is 0 Å². The number of hydrogen-bond acceptors (Lipinski definition) is 3. The topological polar surface area (TPSA) is 53.5 Å². The Labute approximate surface area is 397 Å². The zero-order chi connectivity index (χ0) is 45.4. The Morgan fingerprint density at radius 1 is 0.246 bits per heavy atom. The van der Waals surface area contributed by atoms with Crippen molar-refractivity contribution in [3.05, 3.63) is 243 Å². The first-order valence-corrected chi connectivity index (χ1v) is 23.4. The highest BCUT2D eigenvalue weighted by Crippen LogP contribution is 2.43. The SMILES string of the molecule is c1ccc(-c2cccc(-c3nc(-c4cccc(-c5ccccc5)c4)nc(-n4c5cccc(-n6c7ccccc7c7ccccc76)c5c5cccc(-n6c7ccccc7c7ccccc76)c54)n3)c2)cc1. The van der Waals surface area contributed by atoms with Crippen LogP contribution in [0.25, 0.3) is 128 Å². The lowest BCUT2D eigenvalue weighted by molar-refractivity contribution is 0.950. The number of fused-ring (bicyclic) bond motifs is 9. The van der Waals surface area contributed by atoms with Crippen LogP contribution in [0.15, 0.2) is 243 Å². The Morgan fingerprint density at radius 3 is 1.12 bits per heavy atom. The molecule has 0 aliphatic heterocycles. The van der Waals surface area contributed by atoms with Crippen LogP contribution in [0.5, 0.6) is 0 Å². The number of hydrogen-bond donors (Lipinski definition) is 0. The summed E-state index contributed by atoms with van der Waals surface area (Å²) in [5.74, 6) is 1.69. The van der Waals surface area contributed by atoms with Crippen molar-refractivity contribution >= 4 is 65.4 Å². The monoisotopic (exact) mass is 880 g/mol. The molecule has 4 aromatic heterocycles. The second kappa shape index (κ2) is 15.6. The minimum Gasteiger partial charge on any atom is -0.309 e. The van der Waals surface area contributed by atoms with Crippen molar-refractivity contribution in [2.45, 2.75) is 0 Å². The molecule has 0 N–H and O–H groups in total. The van der Waals surface area contributed by atoms with Gasteiger partial charge in [0.15, 0.2) is 11.6 Å². The lowest BCUT2D eigenvalue weighted by atomic mass is 10.0. The average Bonchev–Trinajstić information content (AvgIpc) is 4.07. The summed E-state index contributed by atoms with van der Waals surface area (Å²) in [5, 5.41) is 6.99. The average molecular weight is 881 g/mol. The van der Waals surface area contributed by atoms with E-state index < -0.39 is 0 Å². The molecule has 0 bridgehead atoms. The largest absolute Gasteiger partial charge is 0.309 e. The van der Waals surface area contributed by atoms with Gasteiger partial charge in [0.1, 0.15) is 0 Å². The Kier molecular flexibility index (Phi) is 8.79. The first-order chi connectivity index (χ1) is 34.2. The standard InChI is InChI=1S/C63H40N6/c1-3-19-41(20-4-1)43-23-15-25-45(39-43)61-64-62(46-26-16-24-44(40-46)42-21-5-2-6-22-42)66-63(65-61)69-57-37-18-36-56(67-52-32-11-7-27-47(52)48-28-8-12-33-53(48)67)59(57)51-31-17-38-58(60(51)69)68-54-34-13-9-29-49(54)50-30-10-14-35-55(50)68/h1-40H. The van der Waals surface area contributed by atoms with Crippen LogP contribution in [-0.2, 0) is 0 Å². The van der Waals surface area contributed by atoms with E-state index in [4.69, 9.17) is 15.0 Å². The van der Waals surface area contributed by atoms with E-state index in [2.05, 4.69) is 244 Å². The molecule has 0 atom stereocenters. The summed E-state index contributed by atoms with van der Waals surface area (Å²) in [4.78, 5) is 16.5. The van der Waals surface area contributed by atoms with Crippen molar-refractivity contribution in [2.75, 3.05) is 0 Å². The van der Waals surface area contributed by atoms with Gasteiger partial charge in [-0.1, -0.05) is 188 Å². The number of para-hydroxylation sites is 5. The van der Waals surface area contributed by atoms with Crippen molar-refractivity contribution in [2.24, 2.45) is 0 Å². The Morgan fingerprint density at radius 2 is 0.609 bits per heavy atom. The van der Waals surface area contributed by atoms with E-state index in [0.717, 1.165) is 88.6 Å². The van der Waals surface area contributed by atoms with Gasteiger partial charge in [-0.3, -0.25) is 4.57 Å². The summed E-state index contributed by atoms with van der Waals surface area (Å²) in [5.41, 5.74) is 14.8. The maximum absolute atomic E-state index is 5.55. The van der Waals surface area contributed by atoms with Crippen molar-refractivity contribution in [1.29, 1.82) is 0 Å². The summed E-state index contributed by atoms with van der Waals surface area (Å²) in [6, 6.07) is 86.2. The van der Waals surface area contributed by atoms with E-state index >= 15 is 0 Å². The summed E-state index contributed by atoms with van der Waals surface area (Å²) < 4.78 is 7.13. The highest BCUT2D eigenvalue weighted by Gasteiger charge is 2.25. The third-order valence-electron chi connectivity index (χ3n) is 13.7. The molecular formula is C63H40N6. The molecule has 322 valence electrons. The lowest BCUT2D eigenvalue weighted by Crippen LogP contribution is -2.08. The molecule has 6 nitrogen and oxygen atoms in total. The first-order valence-electron chi connectivity index (χ1n) is 23.4. The molecule has 69 heavy (non-hydrogen) atoms. The van der Waals surface area contributed by atoms with Crippen LogP contribution in [0.3, 0.4) is 0 Å². The molecule has 4 heterocycles. The third kappa shape index (κ3) is 6.16. The normalized spacial score (nSPS) is 11.8. The zero-order valence-electron chi connectivity index (χ0n) is 37.3. The molecule has 14 aromatic rings. The maximum atomic E-state index is 5.55. The van der Waals surface area contributed by atoms with E-state index in [-0.39, 0.29) is 0 Å². The fraction of sp³-hybridized carbons (Fsp3) is 0. The molecule has 0 aliphatic carbocycles. The van der Waals surface area contributed by atoms with Crippen molar-refractivity contribution in [3.63, 3.8) is 0 Å². The van der Waals surface area contributed by atoms with Crippen LogP contribution in [0, 0.1) is 0 Å². The minimum atomic E-state index is 0.526. The molecule has 0 aliphatic rings. The number of nitrogens with zero attached hydrogens (tertiary/aromatic N) is 6. The van der Waals surface area contributed by atoms with Crippen molar-refractivity contribution in [1.82, 2.24) is 28.7 Å². The molecule has 0 amide bonds. The van der Waals surface area contributed by atoms with Crippen molar-refractivity contribution < 1.29 is 0 Å². The van der Waals surface area contributed by atoms with Gasteiger partial charge in [-0.25, -0.2) is 4.98 Å². The van der Waals surface area contributed by atoms with E-state index in [9.17, 15) is 0 Å². The van der Waals surface area contributed by atoms with Gasteiger partial charge in [-0.15, -0.1) is 0 Å². The molecule has 0 radical (unpaired) electrons. The quantitative estimate of drug-likeness (QED) is 0.160. The van der Waals surface area contributed by atoms with Gasteiger partial charge in [-0.2, -0.15) is 9.97 Å². The van der Waals surface area contributed by atoms with Crippen LogP contribution < -0.4 is 0 Å². The van der Waals surface area contributed by atoms with E-state index in [0.29, 0.717) is 17.6 Å². The van der Waals surface area contributed by atoms with Crippen LogP contribution in [-0.4, -0.2) is 28.7 Å². The molecule has 0 fully saturated rings. The van der Waals surface area contributed by atoms with E-state index in [1.54, 1.807) is 0 Å². The summed E-state index contributed by atoms with van der Waals surface area (Å²) in [7, 11) is 0. The smallest absolute Gasteiger partial charge is 0.238 e. The first kappa shape index (κ1) is 38.8. The van der Waals surface area contributed by atoms with Gasteiger partial charge in [0.25, 0.3) is 0 Å². The fourth-order valence-corrected chi connectivity index (χ4v) is 10.7. The van der Waals surface area contributed by atoms with Crippen molar-refractivity contribution in [3.8, 4) is 62.4 Å². The van der Waals surface area contributed by atoms with Crippen LogP contribution in [0.4, 0.5) is 0 Å². The lowest BCUT2D eigenvalue weighted by Gasteiger charge is -2.15. The predicted octanol–water partition coefficient (Wildman–Crippen LogP) is 15.8. The summed E-state index contributed by atoms with van der Waals surface area (Å²) in [6.07, 6.45) is 0. The van der Waals surface area contributed by atoms with Gasteiger partial charge >= 0.3 is 0 Å². The Bertz CT molecular complexity index is 4100. The molecular weight excluding hydrogens is 841 g/mol. The minimum absolute atomic E-state index is 0.526. The highest BCUT2D eigenvalue weighted by molar-refractivity contribution is 6.19. The molecule has 6 heteroatoms. The van der Waals surface area contributed by atoms with Gasteiger partial charge in [-0.05, 0) is 76.9 Å². The molecule has 14 rings (SSSR count). The van der Waals surface area contributed by atoms with Gasteiger partial charge < -0.3 is 9.13 Å². The number of benzene rings is 10. The molecule has 10 aromatic carbocycles. The Hall–Kier alpha value is -9.39. The molecule has 0 spiro atoms. The highest BCUT2D eigenvalue weighted by atomic mass is 15.2. The van der Waals surface area contributed by atoms with Crippen LogP contribution >= 0.6 is 0 Å². The number of rotatable bonds is 7. The van der Waals surface area contributed by atoms with E-state index in [1.165, 1.54) is 21.5 Å². The summed E-state index contributed by atoms with van der Waals surface area (Å²) in [6.45, 7) is 0. The maximum Gasteiger partial charge on any atom is 0.238 e. The molecule has 0 saturated carbocycles. The van der Waals surface area contributed by atoms with E-state index in [1.807, 2.05) is 12.1 Å². The Balaban J connectivity index is 1.12. The number of aromatic nitrogens is 6. The fourth-order valence-electron chi connectivity index (χ4n) is 10.7. The van der Waals surface area contributed by atoms with Crippen LogP contribution in [0.2, 0.25) is 0 Å². The molecule has 0 unspecified atom stereocenters. The third-order valence-corrected chi connectivity index (χ3v) is 13.7. The van der Waals surface area contributed by atoms with Gasteiger partial charge in [0.2, 0.25) is 5.95 Å². The predicted molar refractivity (Wildman–Crippen MR) is 285 cm³/mol. The molecule has 0 saturated heterocycles. The zero-order valence-corrected chi connectivity index (χ0v) is 37.3. The van der Waals surface area contributed by atoms with Gasteiger partial charge in [0, 0.05) is 43.4 Å². The second-order valence-corrected chi connectivity index (χ2v) is 17.6. The second-order valence-electron chi connectivity index (χ2n) is 17.6. The summed E-state index contributed by atoms with van der Waals surface area (Å²) >= 11 is 0.